The van der Waals surface area contributed by atoms with Crippen LogP contribution in [-0.2, 0) is 30.1 Å². The Morgan fingerprint density at radius 1 is 1.17 bits per heavy atom. The fraction of sp³-hybridized carbons (Fsp3) is 0.692. The van der Waals surface area contributed by atoms with Gasteiger partial charge in [-0.1, -0.05) is 44.2 Å². The third-order valence-electron chi connectivity index (χ3n) is 9.02. The Kier molecular flexibility index (Phi) is 8.08. The van der Waals surface area contributed by atoms with Crippen molar-refractivity contribution in [1.82, 2.24) is 10.2 Å². The largest absolute Gasteiger partial charge is 0.482 e. The van der Waals surface area contributed by atoms with Crippen LogP contribution in [0.3, 0.4) is 0 Å². The summed E-state index contributed by atoms with van der Waals surface area (Å²) in [6.45, 7) is 8.93. The van der Waals surface area contributed by atoms with E-state index in [2.05, 4.69) is 26.1 Å². The number of hydrogen-bond donors (Lipinski definition) is 2. The molecule has 2 saturated heterocycles. The van der Waals surface area contributed by atoms with E-state index in [0.29, 0.717) is 44.6 Å². The first-order valence-electron chi connectivity index (χ1n) is 13.0. The molecule has 198 valence electrons. The zero-order valence-electron chi connectivity index (χ0n) is 21.5. The Morgan fingerprint density at radius 2 is 1.86 bits per heavy atom. The Labute approximate surface area is 220 Å². The molecule has 0 aromatic heterocycles. The van der Waals surface area contributed by atoms with Crippen molar-refractivity contribution in [2.45, 2.75) is 70.1 Å². The second-order valence-electron chi connectivity index (χ2n) is 11.4. The zero-order valence-corrected chi connectivity index (χ0v) is 22.3. The second-order valence-corrected chi connectivity index (χ2v) is 11.4. The van der Waals surface area contributed by atoms with Crippen LogP contribution >= 0.6 is 12.4 Å². The molecule has 5 aliphatic rings. The molecule has 0 spiro atoms. The summed E-state index contributed by atoms with van der Waals surface area (Å²) in [4.78, 5) is 27.5. The van der Waals surface area contributed by atoms with Crippen molar-refractivity contribution in [3.05, 3.63) is 35.9 Å². The van der Waals surface area contributed by atoms with Crippen LogP contribution in [0.4, 0.5) is 0 Å². The van der Waals surface area contributed by atoms with Crippen LogP contribution in [0.5, 0.6) is 0 Å². The van der Waals surface area contributed by atoms with Gasteiger partial charge in [0.1, 0.15) is 0 Å². The van der Waals surface area contributed by atoms with Gasteiger partial charge in [-0.2, -0.15) is 0 Å². The smallest absolute Gasteiger partial charge is 0.404 e. The molecule has 36 heavy (non-hydrogen) atoms. The van der Waals surface area contributed by atoms with Crippen molar-refractivity contribution in [3.63, 3.8) is 0 Å². The maximum atomic E-state index is 13.1. The molecule has 6 rings (SSSR count). The topological polar surface area (TPSA) is 103 Å². The van der Waals surface area contributed by atoms with Gasteiger partial charge >= 0.3 is 7.12 Å². The summed E-state index contributed by atoms with van der Waals surface area (Å²) in [6.07, 6.45) is 2.70. The molecule has 3 aliphatic carbocycles. The summed E-state index contributed by atoms with van der Waals surface area (Å²) < 4.78 is 18.5. The minimum Gasteiger partial charge on any atom is -0.404 e. The average molecular weight is 520 g/mol. The number of rotatable bonds is 7. The molecule has 2 heterocycles. The summed E-state index contributed by atoms with van der Waals surface area (Å²) in [6, 6.07) is 9.06. The van der Waals surface area contributed by atoms with E-state index in [0.717, 1.165) is 12.0 Å². The van der Waals surface area contributed by atoms with Crippen molar-refractivity contribution in [1.29, 1.82) is 0 Å². The van der Waals surface area contributed by atoms with Gasteiger partial charge in [0.15, 0.2) is 0 Å². The molecule has 2 aliphatic heterocycles. The molecular formula is C26H39BClN3O5. The van der Waals surface area contributed by atoms with Gasteiger partial charge in [0.05, 0.1) is 43.3 Å². The lowest BCUT2D eigenvalue weighted by Crippen LogP contribution is -2.65. The molecular weight excluding hydrogens is 481 g/mol. The Balaban J connectivity index is 0.00000304. The number of carbonyl (C=O) groups excluding carboxylic acids is 2. The predicted molar refractivity (Wildman–Crippen MR) is 139 cm³/mol. The lowest BCUT2D eigenvalue weighted by atomic mass is 9.43. The van der Waals surface area contributed by atoms with Crippen LogP contribution in [0, 0.1) is 17.3 Å². The third-order valence-corrected chi connectivity index (χ3v) is 9.02. The van der Waals surface area contributed by atoms with E-state index >= 15 is 0 Å². The number of morpholine rings is 1. The van der Waals surface area contributed by atoms with E-state index in [1.807, 2.05) is 30.3 Å². The highest BCUT2D eigenvalue weighted by molar-refractivity contribution is 6.48. The Hall–Kier alpha value is -1.65. The fourth-order valence-electron chi connectivity index (χ4n) is 6.67. The highest BCUT2D eigenvalue weighted by Crippen LogP contribution is 2.65. The van der Waals surface area contributed by atoms with Crippen LogP contribution in [0.2, 0.25) is 0 Å². The van der Waals surface area contributed by atoms with E-state index in [1.54, 1.807) is 4.90 Å². The molecule has 1 aromatic rings. The molecule has 0 unspecified atom stereocenters. The van der Waals surface area contributed by atoms with Gasteiger partial charge in [0, 0.05) is 13.1 Å². The van der Waals surface area contributed by atoms with E-state index in [4.69, 9.17) is 19.8 Å². The van der Waals surface area contributed by atoms with Crippen molar-refractivity contribution >= 4 is 31.3 Å². The number of halogens is 1. The minimum absolute atomic E-state index is 0. The lowest BCUT2D eigenvalue weighted by molar-refractivity contribution is -0.199. The number of amides is 2. The van der Waals surface area contributed by atoms with Gasteiger partial charge in [-0.15, -0.1) is 12.4 Å². The molecule has 8 nitrogen and oxygen atoms in total. The van der Waals surface area contributed by atoms with E-state index < -0.39 is 19.1 Å². The van der Waals surface area contributed by atoms with Gasteiger partial charge in [-0.05, 0) is 49.0 Å². The molecule has 3 N–H and O–H groups in total. The lowest BCUT2D eigenvalue weighted by Gasteiger charge is -2.64. The molecule has 1 aromatic carbocycles. The quantitative estimate of drug-likeness (QED) is 0.534. The highest BCUT2D eigenvalue weighted by Gasteiger charge is 2.68. The van der Waals surface area contributed by atoms with Gasteiger partial charge in [-0.3, -0.25) is 9.59 Å². The van der Waals surface area contributed by atoms with Crippen LogP contribution in [0.15, 0.2) is 30.3 Å². The summed E-state index contributed by atoms with van der Waals surface area (Å²) in [5.74, 6) is 0.200. The number of carbonyl (C=O) groups is 2. The van der Waals surface area contributed by atoms with E-state index in [-0.39, 0.29) is 47.8 Å². The van der Waals surface area contributed by atoms with Crippen LogP contribution < -0.4 is 11.1 Å². The van der Waals surface area contributed by atoms with Gasteiger partial charge in [0.25, 0.3) is 0 Å². The van der Waals surface area contributed by atoms with Gasteiger partial charge < -0.3 is 30.0 Å². The number of hydrogen-bond acceptors (Lipinski definition) is 6. The van der Waals surface area contributed by atoms with Crippen molar-refractivity contribution < 1.29 is 23.6 Å². The van der Waals surface area contributed by atoms with Gasteiger partial charge in [0.2, 0.25) is 11.8 Å². The van der Waals surface area contributed by atoms with Crippen molar-refractivity contribution in [3.8, 4) is 0 Å². The molecule has 5 fully saturated rings. The first-order valence-corrected chi connectivity index (χ1v) is 13.0. The standard InChI is InChI=1S/C26H38BN3O5.ClH/c1-25(2)18-14-20(25)26(3)21(15-18)34-27(35-26)22(13-17-7-5-4-6-8-17)29-24(32)19(28)16-23(31)30-9-11-33-12-10-30;/h4-8,18-22H,9-16,28H2,1-3H3,(H,29,32);1H/t18-,19+,20-,21+,22-,26-;/m0./s1. The number of ether oxygens (including phenoxy) is 1. The maximum absolute atomic E-state index is 13.1. The van der Waals surface area contributed by atoms with Crippen LogP contribution in [0.25, 0.3) is 0 Å². The summed E-state index contributed by atoms with van der Waals surface area (Å²) >= 11 is 0. The fourth-order valence-corrected chi connectivity index (χ4v) is 6.67. The molecule has 3 saturated carbocycles. The number of nitrogens with two attached hydrogens (primary N) is 1. The van der Waals surface area contributed by atoms with E-state index in [9.17, 15) is 9.59 Å². The number of benzene rings is 1. The van der Waals surface area contributed by atoms with Gasteiger partial charge in [-0.25, -0.2) is 0 Å². The normalized spacial score (nSPS) is 31.9. The predicted octanol–water partition coefficient (Wildman–Crippen LogP) is 1.98. The van der Waals surface area contributed by atoms with Crippen LogP contribution in [0.1, 0.15) is 45.6 Å². The molecule has 0 radical (unpaired) electrons. The first kappa shape index (κ1) is 27.4. The minimum atomic E-state index is -0.936. The maximum Gasteiger partial charge on any atom is 0.482 e. The SMILES string of the molecule is CC1(C)[C@@H]2C[C@H]3OB([C@H](Cc4ccccc4)NC(=O)[C@H](N)CC(=O)N4CCOCC4)O[C@@]3(C)[C@H]1C2.Cl. The zero-order chi connectivity index (χ0) is 24.8. The summed E-state index contributed by atoms with van der Waals surface area (Å²) in [5, 5.41) is 3.08. The van der Waals surface area contributed by atoms with E-state index in [1.165, 1.54) is 6.42 Å². The first-order chi connectivity index (χ1) is 16.7. The molecule has 10 heteroatoms. The highest BCUT2D eigenvalue weighted by atomic mass is 35.5. The third kappa shape index (κ3) is 5.05. The van der Waals surface area contributed by atoms with Crippen molar-refractivity contribution in [2.75, 3.05) is 26.3 Å². The summed E-state index contributed by atoms with van der Waals surface area (Å²) in [5.41, 5.74) is 7.15. The summed E-state index contributed by atoms with van der Waals surface area (Å²) in [7, 11) is -0.563. The number of nitrogens with zero attached hydrogens (tertiary/aromatic N) is 1. The molecule has 2 bridgehead atoms. The van der Waals surface area contributed by atoms with Crippen LogP contribution in [-0.4, -0.2) is 73.8 Å². The average Bonchev–Trinajstić information content (AvgIpc) is 3.21. The monoisotopic (exact) mass is 519 g/mol. The number of nitrogens with one attached hydrogen (secondary N) is 1. The molecule has 2 amide bonds. The second kappa shape index (κ2) is 10.6. The Morgan fingerprint density at radius 3 is 2.53 bits per heavy atom. The Bertz CT molecular complexity index is 947. The molecule has 6 atom stereocenters. The van der Waals surface area contributed by atoms with Crippen molar-refractivity contribution in [2.24, 2.45) is 23.0 Å².